The van der Waals surface area contributed by atoms with Gasteiger partial charge >= 0.3 is 5.97 Å². The van der Waals surface area contributed by atoms with E-state index in [0.717, 1.165) is 0 Å². The molecule has 0 aromatic heterocycles. The minimum Gasteiger partial charge on any atom is -0.478 e. The number of thiol groups is 2. The smallest absolute Gasteiger partial charge is 0.357 e. The molecule has 0 bridgehead atoms. The van der Waals surface area contributed by atoms with Gasteiger partial charge in [-0.05, 0) is 0 Å². The van der Waals surface area contributed by atoms with Crippen molar-refractivity contribution in [3.63, 3.8) is 0 Å². The Bertz CT molecular complexity index is 192. The summed E-state index contributed by atoms with van der Waals surface area (Å²) in [6.07, 6.45) is 0. The summed E-state index contributed by atoms with van der Waals surface area (Å²) in [5, 5.41) is 35.0. The fourth-order valence-electron chi connectivity index (χ4n) is 0.354. The zero-order chi connectivity index (χ0) is 10.2. The molecular weight excluding hydrogens is 206 g/mol. The van der Waals surface area contributed by atoms with Crippen LogP contribution in [0.25, 0.3) is 0 Å². The molecule has 1 unspecified atom stereocenters. The zero-order valence-electron chi connectivity index (χ0n) is 5.75. The lowest BCUT2D eigenvalue weighted by molar-refractivity contribution is -0.261. The van der Waals surface area contributed by atoms with Crippen LogP contribution in [0, 0.1) is 0 Å². The number of hydrogen-bond acceptors (Lipinski definition) is 7. The minimum atomic E-state index is -3.21. The van der Waals surface area contributed by atoms with Crippen molar-refractivity contribution >= 4 is 31.2 Å². The van der Waals surface area contributed by atoms with Gasteiger partial charge in [0.15, 0.2) is 0 Å². The van der Waals surface area contributed by atoms with Gasteiger partial charge in [0.25, 0.3) is 5.72 Å². The van der Waals surface area contributed by atoms with E-state index in [-0.39, 0.29) is 0 Å². The van der Waals surface area contributed by atoms with Crippen LogP contribution < -0.4 is 5.73 Å². The zero-order valence-corrected chi connectivity index (χ0v) is 7.54. The molecule has 0 aliphatic carbocycles. The van der Waals surface area contributed by atoms with Gasteiger partial charge in [-0.1, -0.05) is 0 Å². The van der Waals surface area contributed by atoms with Crippen molar-refractivity contribution in [2.75, 3.05) is 0 Å². The van der Waals surface area contributed by atoms with Crippen LogP contribution in [0.15, 0.2) is 0 Å². The van der Waals surface area contributed by atoms with Crippen LogP contribution in [0.2, 0.25) is 0 Å². The second-order valence-electron chi connectivity index (χ2n) is 2.17. The molecule has 0 fully saturated rings. The van der Waals surface area contributed by atoms with Crippen molar-refractivity contribution in [3.05, 3.63) is 0 Å². The summed E-state index contributed by atoms with van der Waals surface area (Å²) in [5.74, 6) is -5.11. The molecule has 0 rings (SSSR count). The molecule has 6 nitrogen and oxygen atoms in total. The normalized spacial score (nSPS) is 17.6. The van der Waals surface area contributed by atoms with Crippen molar-refractivity contribution < 1.29 is 25.2 Å². The van der Waals surface area contributed by atoms with Gasteiger partial charge in [0.2, 0.25) is 5.79 Å². The van der Waals surface area contributed by atoms with Gasteiger partial charge in [-0.2, -0.15) is 25.3 Å². The first-order valence-corrected chi connectivity index (χ1v) is 3.73. The standard InChI is InChI=1S/C4H9NO5S2/c5-3(8,1(6)7)4(9,10)2(11)12/h2,8-12H,5H2,(H,6,7). The first-order valence-electron chi connectivity index (χ1n) is 2.69. The monoisotopic (exact) mass is 215 g/mol. The molecule has 6 N–H and O–H groups in total. The number of hydrogen-bond donors (Lipinski definition) is 7. The lowest BCUT2D eigenvalue weighted by Gasteiger charge is -2.34. The second kappa shape index (κ2) is 3.40. The third kappa shape index (κ3) is 1.84. The number of carboxylic acids is 1. The Labute approximate surface area is 78.8 Å². The number of nitrogens with two attached hydrogens (primary N) is 1. The van der Waals surface area contributed by atoms with Crippen LogP contribution in [0.4, 0.5) is 0 Å². The average Bonchev–Trinajstić information content (AvgIpc) is 1.86. The van der Waals surface area contributed by atoms with E-state index in [1.165, 1.54) is 0 Å². The summed E-state index contributed by atoms with van der Waals surface area (Å²) >= 11 is 6.86. The largest absolute Gasteiger partial charge is 0.478 e. The fraction of sp³-hybridized carbons (Fsp3) is 0.750. The predicted molar refractivity (Wildman–Crippen MR) is 45.7 cm³/mol. The van der Waals surface area contributed by atoms with Crippen LogP contribution in [0.1, 0.15) is 0 Å². The van der Waals surface area contributed by atoms with Crippen LogP contribution >= 0.6 is 25.3 Å². The Hall–Kier alpha value is 0.01000. The van der Waals surface area contributed by atoms with Gasteiger partial charge in [-0.15, -0.1) is 0 Å². The quantitative estimate of drug-likeness (QED) is 0.208. The summed E-state index contributed by atoms with van der Waals surface area (Å²) in [5.41, 5.74) is 1.49. The molecule has 0 aromatic carbocycles. The topological polar surface area (TPSA) is 124 Å². The lowest BCUT2D eigenvalue weighted by Crippen LogP contribution is -2.68. The molecule has 0 saturated carbocycles. The van der Waals surface area contributed by atoms with E-state index in [1.54, 1.807) is 0 Å². The fourth-order valence-corrected chi connectivity index (χ4v) is 0.748. The van der Waals surface area contributed by atoms with E-state index in [4.69, 9.17) is 26.2 Å². The van der Waals surface area contributed by atoms with E-state index < -0.39 is 22.1 Å². The highest BCUT2D eigenvalue weighted by Gasteiger charge is 2.55. The van der Waals surface area contributed by atoms with Gasteiger partial charge in [0.05, 0.1) is 0 Å². The Morgan fingerprint density at radius 2 is 1.67 bits per heavy atom. The molecule has 12 heavy (non-hydrogen) atoms. The first-order chi connectivity index (χ1) is 5.14. The van der Waals surface area contributed by atoms with Crippen LogP contribution in [-0.4, -0.2) is 42.5 Å². The molecule has 0 aliphatic heterocycles. The Kier molecular flexibility index (Phi) is 3.40. The van der Waals surface area contributed by atoms with Crippen molar-refractivity contribution in [3.8, 4) is 0 Å². The summed E-state index contributed by atoms with van der Waals surface area (Å²) in [7, 11) is 0. The van der Waals surface area contributed by atoms with E-state index in [1.807, 2.05) is 0 Å². The molecule has 0 aliphatic rings. The third-order valence-corrected chi connectivity index (χ3v) is 1.97. The molecular formula is C4H9NO5S2. The molecule has 0 amide bonds. The van der Waals surface area contributed by atoms with Crippen molar-refractivity contribution in [1.29, 1.82) is 0 Å². The molecule has 72 valence electrons. The first kappa shape index (κ1) is 12.0. The summed E-state index contributed by atoms with van der Waals surface area (Å²) < 4.78 is -1.51. The van der Waals surface area contributed by atoms with E-state index >= 15 is 0 Å². The lowest BCUT2D eigenvalue weighted by atomic mass is 10.1. The number of carboxylic acid groups (broad SMARTS) is 1. The highest BCUT2D eigenvalue weighted by Crippen LogP contribution is 2.25. The Balaban J connectivity index is 4.88. The number of carbonyl (C=O) groups is 1. The van der Waals surface area contributed by atoms with Crippen LogP contribution in [0.3, 0.4) is 0 Å². The summed E-state index contributed by atoms with van der Waals surface area (Å²) in [6, 6.07) is 0. The van der Waals surface area contributed by atoms with Gasteiger partial charge in [0.1, 0.15) is 4.58 Å². The molecule has 0 heterocycles. The molecule has 0 radical (unpaired) electrons. The molecule has 8 heteroatoms. The highest BCUT2D eigenvalue weighted by atomic mass is 32.2. The Morgan fingerprint density at radius 1 is 1.33 bits per heavy atom. The average molecular weight is 215 g/mol. The number of rotatable bonds is 3. The maximum Gasteiger partial charge on any atom is 0.357 e. The maximum atomic E-state index is 10.2. The van der Waals surface area contributed by atoms with Crippen molar-refractivity contribution in [2.24, 2.45) is 5.73 Å². The van der Waals surface area contributed by atoms with E-state index in [0.29, 0.717) is 0 Å². The molecule has 0 saturated heterocycles. The number of aliphatic carboxylic acids is 1. The van der Waals surface area contributed by atoms with Gasteiger partial charge < -0.3 is 20.4 Å². The van der Waals surface area contributed by atoms with Gasteiger partial charge in [-0.25, -0.2) is 4.79 Å². The van der Waals surface area contributed by atoms with E-state index in [2.05, 4.69) is 25.3 Å². The Morgan fingerprint density at radius 3 is 1.75 bits per heavy atom. The third-order valence-electron chi connectivity index (χ3n) is 1.25. The van der Waals surface area contributed by atoms with Crippen molar-refractivity contribution in [1.82, 2.24) is 0 Å². The second-order valence-corrected chi connectivity index (χ2v) is 3.61. The molecule has 1 atom stereocenters. The highest BCUT2D eigenvalue weighted by molar-refractivity contribution is 7.99. The predicted octanol–water partition coefficient (Wildman–Crippen LogP) is -2.42. The van der Waals surface area contributed by atoms with Gasteiger partial charge in [-0.3, -0.25) is 5.73 Å². The summed E-state index contributed by atoms with van der Waals surface area (Å²) in [4.78, 5) is 10.2. The summed E-state index contributed by atoms with van der Waals surface area (Å²) in [6.45, 7) is 0. The van der Waals surface area contributed by atoms with E-state index in [9.17, 15) is 4.79 Å². The minimum absolute atomic E-state index is 1.51. The SMILES string of the molecule is NC(O)(C(=O)O)C(O)(O)C(S)S. The van der Waals surface area contributed by atoms with Crippen LogP contribution in [-0.2, 0) is 4.79 Å². The molecule has 0 spiro atoms. The number of aliphatic hydroxyl groups is 3. The maximum absolute atomic E-state index is 10.2. The van der Waals surface area contributed by atoms with Crippen LogP contribution in [0.5, 0.6) is 0 Å². The van der Waals surface area contributed by atoms with Gasteiger partial charge in [0, 0.05) is 0 Å². The molecule has 0 aromatic rings. The van der Waals surface area contributed by atoms with Crippen molar-refractivity contribution in [2.45, 2.75) is 16.1 Å².